The second kappa shape index (κ2) is 8.62. The average Bonchev–Trinajstić information content (AvgIpc) is 3.13. The molecule has 0 aliphatic rings. The van der Waals surface area contributed by atoms with E-state index in [0.29, 0.717) is 6.54 Å². The molecule has 0 radical (unpaired) electrons. The number of guanidine groups is 1. The third kappa shape index (κ3) is 4.29. The fourth-order valence-corrected chi connectivity index (χ4v) is 3.09. The normalized spacial score (nSPS) is 11.4. The van der Waals surface area contributed by atoms with Crippen molar-refractivity contribution in [3.63, 3.8) is 0 Å². The molecule has 0 saturated heterocycles. The Labute approximate surface area is 161 Å². The topological polar surface area (TPSA) is 58.3 Å². The van der Waals surface area contributed by atoms with E-state index in [0.717, 1.165) is 28.5 Å². The van der Waals surface area contributed by atoms with Gasteiger partial charge in [-0.15, -0.1) is 10.2 Å². The number of aliphatic imine (C=N–C) groups is 1. The number of halogens is 1. The molecule has 1 aromatic heterocycles. The van der Waals surface area contributed by atoms with E-state index in [4.69, 9.17) is 0 Å². The van der Waals surface area contributed by atoms with Gasteiger partial charge in [-0.3, -0.25) is 9.56 Å². The van der Waals surface area contributed by atoms with Gasteiger partial charge in [-0.05, 0) is 23.8 Å². The first-order valence-electron chi connectivity index (χ1n) is 8.28. The van der Waals surface area contributed by atoms with Gasteiger partial charge in [-0.2, -0.15) is 0 Å². The minimum absolute atomic E-state index is 0.530. The number of hydrogen-bond donors (Lipinski definition) is 1. The van der Waals surface area contributed by atoms with Crippen LogP contribution in [0.4, 0.5) is 0 Å². The molecule has 1 N–H and O–H groups in total. The molecule has 0 bridgehead atoms. The minimum atomic E-state index is 0.530. The van der Waals surface area contributed by atoms with Crippen molar-refractivity contribution < 1.29 is 0 Å². The molecule has 26 heavy (non-hydrogen) atoms. The van der Waals surface area contributed by atoms with E-state index < -0.39 is 0 Å². The van der Waals surface area contributed by atoms with Gasteiger partial charge in [0.05, 0.1) is 6.54 Å². The molecule has 0 saturated carbocycles. The second-order valence-electron chi connectivity index (χ2n) is 5.80. The number of aromatic nitrogens is 3. The van der Waals surface area contributed by atoms with Crippen LogP contribution >= 0.6 is 15.9 Å². The van der Waals surface area contributed by atoms with Crippen molar-refractivity contribution in [1.29, 1.82) is 0 Å². The monoisotopic (exact) mass is 412 g/mol. The van der Waals surface area contributed by atoms with Crippen LogP contribution in [0.3, 0.4) is 0 Å². The van der Waals surface area contributed by atoms with Crippen molar-refractivity contribution in [2.45, 2.75) is 13.1 Å². The maximum atomic E-state index is 4.37. The van der Waals surface area contributed by atoms with Crippen molar-refractivity contribution in [3.8, 4) is 5.69 Å². The zero-order valence-electron chi connectivity index (χ0n) is 14.8. The fraction of sp³-hybridized carbons (Fsp3) is 0.211. The lowest BCUT2D eigenvalue weighted by Crippen LogP contribution is -2.38. The molecular weight excluding hydrogens is 392 g/mol. The number of benzene rings is 2. The minimum Gasteiger partial charge on any atom is -0.349 e. The molecular formula is C19H21BrN6. The Morgan fingerprint density at radius 1 is 1.15 bits per heavy atom. The van der Waals surface area contributed by atoms with E-state index in [-0.39, 0.29) is 0 Å². The summed E-state index contributed by atoms with van der Waals surface area (Å²) in [6.45, 7) is 1.27. The summed E-state index contributed by atoms with van der Waals surface area (Å²) in [4.78, 5) is 6.45. The van der Waals surface area contributed by atoms with E-state index in [9.17, 15) is 0 Å². The van der Waals surface area contributed by atoms with Gasteiger partial charge >= 0.3 is 0 Å². The van der Waals surface area contributed by atoms with E-state index in [2.05, 4.69) is 47.4 Å². The molecule has 0 aliphatic carbocycles. The SMILES string of the molecule is CN=C(NCc1nncn1-c1ccccc1)N(C)Cc1ccccc1Br. The van der Waals surface area contributed by atoms with Gasteiger partial charge in [-0.25, -0.2) is 0 Å². The van der Waals surface area contributed by atoms with Crippen LogP contribution in [0.15, 0.2) is 70.4 Å². The van der Waals surface area contributed by atoms with Gasteiger partial charge in [0.25, 0.3) is 0 Å². The van der Waals surface area contributed by atoms with Gasteiger partial charge in [0.1, 0.15) is 6.33 Å². The molecule has 0 fully saturated rings. The maximum Gasteiger partial charge on any atom is 0.194 e. The number of rotatable bonds is 5. The van der Waals surface area contributed by atoms with Gasteiger partial charge in [-0.1, -0.05) is 52.3 Å². The van der Waals surface area contributed by atoms with E-state index in [1.807, 2.05) is 60.1 Å². The molecule has 2 aromatic carbocycles. The quantitative estimate of drug-likeness (QED) is 0.516. The molecule has 7 heteroatoms. The molecule has 0 unspecified atom stereocenters. The van der Waals surface area contributed by atoms with Crippen molar-refractivity contribution in [2.75, 3.05) is 14.1 Å². The third-order valence-corrected chi connectivity index (χ3v) is 4.77. The molecule has 0 atom stereocenters. The largest absolute Gasteiger partial charge is 0.349 e. The molecule has 3 rings (SSSR count). The number of nitrogens with one attached hydrogen (secondary N) is 1. The maximum absolute atomic E-state index is 4.37. The van der Waals surface area contributed by atoms with Gasteiger partial charge < -0.3 is 10.2 Å². The predicted octanol–water partition coefficient (Wildman–Crippen LogP) is 3.24. The summed E-state index contributed by atoms with van der Waals surface area (Å²) in [5.41, 5.74) is 2.23. The van der Waals surface area contributed by atoms with E-state index in [1.165, 1.54) is 5.56 Å². The highest BCUT2D eigenvalue weighted by Crippen LogP contribution is 2.17. The molecule has 1 heterocycles. The summed E-state index contributed by atoms with van der Waals surface area (Å²) < 4.78 is 3.06. The summed E-state index contributed by atoms with van der Waals surface area (Å²) >= 11 is 3.59. The lowest BCUT2D eigenvalue weighted by atomic mass is 10.2. The van der Waals surface area contributed by atoms with E-state index in [1.54, 1.807) is 13.4 Å². The third-order valence-electron chi connectivity index (χ3n) is 4.00. The van der Waals surface area contributed by atoms with Crippen LogP contribution in [0.25, 0.3) is 5.69 Å². The Morgan fingerprint density at radius 2 is 1.88 bits per heavy atom. The lowest BCUT2D eigenvalue weighted by molar-refractivity contribution is 0.474. The zero-order valence-corrected chi connectivity index (χ0v) is 16.4. The first-order valence-corrected chi connectivity index (χ1v) is 9.08. The van der Waals surface area contributed by atoms with Crippen molar-refractivity contribution in [1.82, 2.24) is 25.0 Å². The van der Waals surface area contributed by atoms with Gasteiger partial charge in [0.15, 0.2) is 11.8 Å². The van der Waals surface area contributed by atoms with Crippen LogP contribution in [0.1, 0.15) is 11.4 Å². The standard InChI is InChI=1S/C19H21BrN6/c1-21-19(25(2)13-15-8-6-7-11-17(15)20)22-12-18-24-23-14-26(18)16-9-4-3-5-10-16/h3-11,14H,12-13H2,1-2H3,(H,21,22). The van der Waals surface area contributed by atoms with E-state index >= 15 is 0 Å². The highest BCUT2D eigenvalue weighted by molar-refractivity contribution is 9.10. The Kier molecular flexibility index (Phi) is 6.01. The summed E-state index contributed by atoms with van der Waals surface area (Å²) in [6.07, 6.45) is 1.72. The number of nitrogens with zero attached hydrogens (tertiary/aromatic N) is 5. The van der Waals surface area contributed by atoms with Gasteiger partial charge in [0, 0.05) is 30.8 Å². The highest BCUT2D eigenvalue weighted by atomic mass is 79.9. The van der Waals surface area contributed by atoms with Crippen LogP contribution < -0.4 is 5.32 Å². The molecule has 0 aliphatic heterocycles. The van der Waals surface area contributed by atoms with Crippen molar-refractivity contribution >= 4 is 21.9 Å². The first kappa shape index (κ1) is 18.1. The van der Waals surface area contributed by atoms with Crippen molar-refractivity contribution in [2.24, 2.45) is 4.99 Å². The molecule has 134 valence electrons. The highest BCUT2D eigenvalue weighted by Gasteiger charge is 2.11. The summed E-state index contributed by atoms with van der Waals surface area (Å²) in [5.74, 6) is 1.62. The fourth-order valence-electron chi connectivity index (χ4n) is 2.68. The summed E-state index contributed by atoms with van der Waals surface area (Å²) in [6, 6.07) is 18.2. The zero-order chi connectivity index (χ0) is 18.4. The molecule has 3 aromatic rings. The van der Waals surface area contributed by atoms with Crippen molar-refractivity contribution in [3.05, 3.63) is 76.8 Å². The van der Waals surface area contributed by atoms with Crippen LogP contribution in [0.5, 0.6) is 0 Å². The average molecular weight is 413 g/mol. The Bertz CT molecular complexity index is 875. The first-order chi connectivity index (χ1) is 12.7. The summed E-state index contributed by atoms with van der Waals surface area (Å²) in [7, 11) is 3.79. The Morgan fingerprint density at radius 3 is 2.62 bits per heavy atom. The smallest absolute Gasteiger partial charge is 0.194 e. The second-order valence-corrected chi connectivity index (χ2v) is 6.66. The number of hydrogen-bond acceptors (Lipinski definition) is 3. The van der Waals surface area contributed by atoms with Crippen LogP contribution in [-0.4, -0.2) is 39.7 Å². The molecule has 0 amide bonds. The van der Waals surface area contributed by atoms with Gasteiger partial charge in [0.2, 0.25) is 0 Å². The number of para-hydroxylation sites is 1. The molecule has 6 nitrogen and oxygen atoms in total. The van der Waals surface area contributed by atoms with Crippen LogP contribution in [0, 0.1) is 0 Å². The summed E-state index contributed by atoms with van der Waals surface area (Å²) in [5, 5.41) is 11.6. The van der Waals surface area contributed by atoms with Crippen LogP contribution in [0.2, 0.25) is 0 Å². The Balaban J connectivity index is 1.67. The lowest BCUT2D eigenvalue weighted by Gasteiger charge is -2.22. The van der Waals surface area contributed by atoms with Crippen LogP contribution in [-0.2, 0) is 13.1 Å². The predicted molar refractivity (Wildman–Crippen MR) is 107 cm³/mol. The Hall–Kier alpha value is -2.67. The molecule has 0 spiro atoms.